The number of carboxylic acids is 1. The van der Waals surface area contributed by atoms with Crippen LogP contribution in [0, 0.1) is 11.2 Å². The number of hydrogen-bond donors (Lipinski definition) is 1. The fourth-order valence-corrected chi connectivity index (χ4v) is 1.85. The van der Waals surface area contributed by atoms with E-state index >= 15 is 0 Å². The predicted molar refractivity (Wildman–Crippen MR) is 61.1 cm³/mol. The number of carbonyl (C=O) groups is 1. The molecule has 0 atom stereocenters. The van der Waals surface area contributed by atoms with Crippen molar-refractivity contribution in [3.05, 3.63) is 34.6 Å². The summed E-state index contributed by atoms with van der Waals surface area (Å²) in [4.78, 5) is 10.6. The molecular weight excluding hydrogens is 231 g/mol. The summed E-state index contributed by atoms with van der Waals surface area (Å²) >= 11 is 5.92. The lowest BCUT2D eigenvalue weighted by Gasteiger charge is -2.22. The van der Waals surface area contributed by atoms with Gasteiger partial charge in [0, 0.05) is 5.02 Å². The molecule has 0 saturated heterocycles. The Bertz CT molecular complexity index is 402. The van der Waals surface area contributed by atoms with Gasteiger partial charge in [0.15, 0.2) is 0 Å². The zero-order chi connectivity index (χ0) is 12.3. The molecule has 1 aromatic carbocycles. The summed E-state index contributed by atoms with van der Waals surface area (Å²) in [6.45, 7) is 3.64. The molecule has 1 aromatic rings. The third-order valence-electron chi connectivity index (χ3n) is 2.31. The van der Waals surface area contributed by atoms with Gasteiger partial charge in [-0.3, -0.25) is 4.79 Å². The molecule has 0 radical (unpaired) electrons. The predicted octanol–water partition coefficient (Wildman–Crippen LogP) is 3.52. The average Bonchev–Trinajstić information content (AvgIpc) is 2.08. The first-order chi connectivity index (χ1) is 7.30. The summed E-state index contributed by atoms with van der Waals surface area (Å²) in [7, 11) is 0. The molecule has 0 spiro atoms. The molecule has 16 heavy (non-hydrogen) atoms. The molecule has 88 valence electrons. The maximum atomic E-state index is 13.0. The second-order valence-corrected chi connectivity index (χ2v) is 5.05. The van der Waals surface area contributed by atoms with Crippen LogP contribution in [0.3, 0.4) is 0 Å². The summed E-state index contributed by atoms with van der Waals surface area (Å²) in [6, 6.07) is 4.13. The third-order valence-corrected chi connectivity index (χ3v) is 2.68. The van der Waals surface area contributed by atoms with E-state index in [1.54, 1.807) is 0 Å². The zero-order valence-corrected chi connectivity index (χ0v) is 10.0. The Morgan fingerprint density at radius 2 is 2.12 bits per heavy atom. The Hall–Kier alpha value is -1.09. The van der Waals surface area contributed by atoms with Crippen LogP contribution in [0.1, 0.15) is 25.8 Å². The topological polar surface area (TPSA) is 37.3 Å². The van der Waals surface area contributed by atoms with Crippen LogP contribution in [0.4, 0.5) is 4.39 Å². The highest BCUT2D eigenvalue weighted by Crippen LogP contribution is 2.29. The first-order valence-corrected chi connectivity index (χ1v) is 5.34. The number of carboxylic acid groups (broad SMARTS) is 1. The van der Waals surface area contributed by atoms with Crippen molar-refractivity contribution in [3.8, 4) is 0 Å². The van der Waals surface area contributed by atoms with Crippen molar-refractivity contribution in [1.29, 1.82) is 0 Å². The smallest absolute Gasteiger partial charge is 0.303 e. The maximum Gasteiger partial charge on any atom is 0.303 e. The first-order valence-electron chi connectivity index (χ1n) is 4.96. The molecule has 0 heterocycles. The normalized spacial score (nSPS) is 11.5. The van der Waals surface area contributed by atoms with E-state index in [9.17, 15) is 9.18 Å². The molecular formula is C12H14ClFO2. The molecule has 1 rings (SSSR count). The number of aliphatic carboxylic acids is 1. The fourth-order valence-electron chi connectivity index (χ4n) is 1.67. The fraction of sp³-hybridized carbons (Fsp3) is 0.417. The Labute approximate surface area is 99.0 Å². The number of rotatable bonds is 4. The van der Waals surface area contributed by atoms with Gasteiger partial charge in [0.1, 0.15) is 5.82 Å². The summed E-state index contributed by atoms with van der Waals surface area (Å²) in [5, 5.41) is 9.22. The SMILES string of the molecule is CC(C)(CC(=O)O)Cc1cc(F)ccc1Cl. The number of halogens is 2. The van der Waals surface area contributed by atoms with E-state index in [1.165, 1.54) is 18.2 Å². The van der Waals surface area contributed by atoms with Gasteiger partial charge in [-0.25, -0.2) is 4.39 Å². The van der Waals surface area contributed by atoms with E-state index in [2.05, 4.69) is 0 Å². The van der Waals surface area contributed by atoms with Gasteiger partial charge >= 0.3 is 5.97 Å². The van der Waals surface area contributed by atoms with Crippen LogP contribution in [0.5, 0.6) is 0 Å². The Kier molecular flexibility index (Phi) is 3.92. The van der Waals surface area contributed by atoms with Gasteiger partial charge in [0.25, 0.3) is 0 Å². The molecule has 2 nitrogen and oxygen atoms in total. The van der Waals surface area contributed by atoms with E-state index in [-0.39, 0.29) is 12.2 Å². The quantitative estimate of drug-likeness (QED) is 0.880. The molecule has 0 unspecified atom stereocenters. The van der Waals surface area contributed by atoms with Gasteiger partial charge in [-0.15, -0.1) is 0 Å². The first kappa shape index (κ1) is 13.0. The van der Waals surface area contributed by atoms with Gasteiger partial charge < -0.3 is 5.11 Å². The van der Waals surface area contributed by atoms with Gasteiger partial charge in [0.05, 0.1) is 6.42 Å². The minimum Gasteiger partial charge on any atom is -0.481 e. The summed E-state index contributed by atoms with van der Waals surface area (Å²) < 4.78 is 13.0. The highest BCUT2D eigenvalue weighted by atomic mass is 35.5. The van der Waals surface area contributed by atoms with Crippen molar-refractivity contribution in [2.24, 2.45) is 5.41 Å². The number of benzene rings is 1. The van der Waals surface area contributed by atoms with E-state index in [1.807, 2.05) is 13.8 Å². The van der Waals surface area contributed by atoms with Crippen LogP contribution in [-0.4, -0.2) is 11.1 Å². The van der Waals surface area contributed by atoms with Crippen molar-refractivity contribution < 1.29 is 14.3 Å². The van der Waals surface area contributed by atoms with Crippen LogP contribution < -0.4 is 0 Å². The minimum absolute atomic E-state index is 0.0276. The Morgan fingerprint density at radius 1 is 1.50 bits per heavy atom. The van der Waals surface area contributed by atoms with Gasteiger partial charge in [-0.05, 0) is 35.6 Å². The van der Waals surface area contributed by atoms with Crippen LogP contribution in [0.2, 0.25) is 5.02 Å². The van der Waals surface area contributed by atoms with Crippen LogP contribution in [-0.2, 0) is 11.2 Å². The molecule has 1 N–H and O–H groups in total. The van der Waals surface area contributed by atoms with Crippen molar-refractivity contribution in [1.82, 2.24) is 0 Å². The molecule has 0 aliphatic rings. The molecule has 0 aliphatic carbocycles. The third kappa shape index (κ3) is 3.81. The molecule has 0 bridgehead atoms. The molecule has 0 fully saturated rings. The van der Waals surface area contributed by atoms with Crippen LogP contribution >= 0.6 is 11.6 Å². The molecule has 0 aliphatic heterocycles. The summed E-state index contributed by atoms with van der Waals surface area (Å²) in [5.74, 6) is -1.22. The van der Waals surface area contributed by atoms with Crippen LogP contribution in [0.25, 0.3) is 0 Å². The Balaban J connectivity index is 2.86. The zero-order valence-electron chi connectivity index (χ0n) is 9.26. The number of hydrogen-bond acceptors (Lipinski definition) is 1. The second-order valence-electron chi connectivity index (χ2n) is 4.65. The lowest BCUT2D eigenvalue weighted by molar-refractivity contribution is -0.139. The van der Waals surface area contributed by atoms with E-state index < -0.39 is 11.4 Å². The highest BCUT2D eigenvalue weighted by Gasteiger charge is 2.23. The van der Waals surface area contributed by atoms with E-state index in [0.29, 0.717) is 17.0 Å². The minimum atomic E-state index is -0.863. The lowest BCUT2D eigenvalue weighted by atomic mass is 9.83. The van der Waals surface area contributed by atoms with Crippen molar-refractivity contribution in [2.45, 2.75) is 26.7 Å². The second kappa shape index (κ2) is 4.83. The molecule has 0 aromatic heterocycles. The molecule has 0 saturated carbocycles. The van der Waals surface area contributed by atoms with Crippen molar-refractivity contribution in [2.75, 3.05) is 0 Å². The summed E-state index contributed by atoms with van der Waals surface area (Å²) in [5.41, 5.74) is 0.205. The molecule has 4 heteroatoms. The van der Waals surface area contributed by atoms with E-state index in [0.717, 1.165) is 0 Å². The van der Waals surface area contributed by atoms with Gasteiger partial charge in [-0.2, -0.15) is 0 Å². The Morgan fingerprint density at radius 3 is 2.69 bits per heavy atom. The molecule has 0 amide bonds. The van der Waals surface area contributed by atoms with Gasteiger partial charge in [-0.1, -0.05) is 25.4 Å². The van der Waals surface area contributed by atoms with E-state index in [4.69, 9.17) is 16.7 Å². The largest absolute Gasteiger partial charge is 0.481 e. The standard InChI is InChI=1S/C12H14ClFO2/c1-12(2,7-11(15)16)6-8-5-9(14)3-4-10(8)13/h3-5H,6-7H2,1-2H3,(H,15,16). The monoisotopic (exact) mass is 244 g/mol. The van der Waals surface area contributed by atoms with Crippen molar-refractivity contribution >= 4 is 17.6 Å². The lowest BCUT2D eigenvalue weighted by Crippen LogP contribution is -2.19. The van der Waals surface area contributed by atoms with Gasteiger partial charge in [0.2, 0.25) is 0 Å². The summed E-state index contributed by atoms with van der Waals surface area (Å²) in [6.07, 6.45) is 0.468. The van der Waals surface area contributed by atoms with Crippen LogP contribution in [0.15, 0.2) is 18.2 Å². The average molecular weight is 245 g/mol. The van der Waals surface area contributed by atoms with Crippen molar-refractivity contribution in [3.63, 3.8) is 0 Å². The maximum absolute atomic E-state index is 13.0. The highest BCUT2D eigenvalue weighted by molar-refractivity contribution is 6.31.